The van der Waals surface area contributed by atoms with Gasteiger partial charge in [-0.05, 0) is 51.0 Å². The van der Waals surface area contributed by atoms with Gasteiger partial charge in [0.25, 0.3) is 0 Å². The van der Waals surface area contributed by atoms with E-state index in [-0.39, 0.29) is 0 Å². The number of hydrogen-bond donors (Lipinski definition) is 0. The second-order valence-corrected chi connectivity index (χ2v) is 4.53. The molecule has 0 N–H and O–H groups in total. The van der Waals surface area contributed by atoms with Crippen molar-refractivity contribution in [3.8, 4) is 5.75 Å². The van der Waals surface area contributed by atoms with Gasteiger partial charge in [-0.3, -0.25) is 4.68 Å². The number of aromatic nitrogens is 2. The van der Waals surface area contributed by atoms with Crippen LogP contribution in [0.25, 0.3) is 0 Å². The van der Waals surface area contributed by atoms with Crippen LogP contribution in [0.4, 0.5) is 0 Å². The molecule has 0 amide bonds. The molecule has 3 nitrogen and oxygen atoms in total. The lowest BCUT2D eigenvalue weighted by molar-refractivity contribution is 0.340. The van der Waals surface area contributed by atoms with Crippen molar-refractivity contribution in [3.63, 3.8) is 0 Å². The average Bonchev–Trinajstić information content (AvgIpc) is 2.60. The van der Waals surface area contributed by atoms with Crippen LogP contribution in [0.15, 0.2) is 24.3 Å². The Labute approximate surface area is 108 Å². The maximum Gasteiger partial charge on any atom is 0.119 e. The van der Waals surface area contributed by atoms with E-state index in [1.54, 1.807) is 0 Å². The minimum absolute atomic E-state index is 0.704. The summed E-state index contributed by atoms with van der Waals surface area (Å²) >= 11 is 0. The average molecular weight is 244 g/mol. The van der Waals surface area contributed by atoms with Crippen molar-refractivity contribution in [2.24, 2.45) is 0 Å². The van der Waals surface area contributed by atoms with E-state index in [9.17, 15) is 0 Å². The zero-order chi connectivity index (χ0) is 13.1. The van der Waals surface area contributed by atoms with Crippen LogP contribution in [0.2, 0.25) is 0 Å². The third kappa shape index (κ3) is 2.55. The first-order valence-corrected chi connectivity index (χ1v) is 6.34. The van der Waals surface area contributed by atoms with Gasteiger partial charge in [-0.1, -0.05) is 12.1 Å². The van der Waals surface area contributed by atoms with E-state index in [2.05, 4.69) is 42.7 Å². The van der Waals surface area contributed by atoms with Gasteiger partial charge < -0.3 is 4.74 Å². The molecule has 0 aliphatic rings. The molecular weight excluding hydrogens is 224 g/mol. The molecule has 0 saturated carbocycles. The number of hydrogen-bond acceptors (Lipinski definition) is 2. The van der Waals surface area contributed by atoms with Crippen molar-refractivity contribution in [2.45, 2.75) is 34.2 Å². The molecule has 1 aromatic carbocycles. The van der Waals surface area contributed by atoms with Crippen molar-refractivity contribution < 1.29 is 4.74 Å². The molecule has 0 fully saturated rings. The molecule has 0 aliphatic carbocycles. The molecular formula is C15H20N2O. The van der Waals surface area contributed by atoms with Crippen LogP contribution in [0.5, 0.6) is 5.75 Å². The highest BCUT2D eigenvalue weighted by Gasteiger charge is 2.07. The van der Waals surface area contributed by atoms with Crippen LogP contribution in [-0.4, -0.2) is 16.4 Å². The highest BCUT2D eigenvalue weighted by molar-refractivity contribution is 5.28. The van der Waals surface area contributed by atoms with Gasteiger partial charge in [-0.15, -0.1) is 0 Å². The highest BCUT2D eigenvalue weighted by atomic mass is 16.5. The predicted molar refractivity (Wildman–Crippen MR) is 73.2 cm³/mol. The zero-order valence-electron chi connectivity index (χ0n) is 11.5. The fraction of sp³-hybridized carbons (Fsp3) is 0.400. The summed E-state index contributed by atoms with van der Waals surface area (Å²) in [7, 11) is 0. The molecule has 0 aliphatic heterocycles. The van der Waals surface area contributed by atoms with Crippen LogP contribution < -0.4 is 4.74 Å². The van der Waals surface area contributed by atoms with E-state index in [0.717, 1.165) is 18.0 Å². The molecule has 1 heterocycles. The van der Waals surface area contributed by atoms with Crippen LogP contribution in [0, 0.1) is 20.8 Å². The molecule has 3 heteroatoms. The number of benzene rings is 1. The van der Waals surface area contributed by atoms with Crippen molar-refractivity contribution in [3.05, 3.63) is 46.8 Å². The summed E-state index contributed by atoms with van der Waals surface area (Å²) in [5, 5.41) is 4.55. The third-order valence-corrected chi connectivity index (χ3v) is 3.31. The molecule has 2 aromatic rings. The molecule has 0 atom stereocenters. The first kappa shape index (κ1) is 12.7. The number of aryl methyl sites for hydroxylation is 1. The largest absolute Gasteiger partial charge is 0.494 e. The molecule has 0 bridgehead atoms. The van der Waals surface area contributed by atoms with Crippen molar-refractivity contribution in [1.82, 2.24) is 9.78 Å². The van der Waals surface area contributed by atoms with Gasteiger partial charge in [0.05, 0.1) is 18.8 Å². The van der Waals surface area contributed by atoms with Gasteiger partial charge in [-0.25, -0.2) is 0 Å². The molecule has 1 aromatic heterocycles. The normalized spacial score (nSPS) is 10.7. The van der Waals surface area contributed by atoms with Gasteiger partial charge in [0.2, 0.25) is 0 Å². The molecule has 2 rings (SSSR count). The molecule has 0 saturated heterocycles. The minimum Gasteiger partial charge on any atom is -0.494 e. The fourth-order valence-corrected chi connectivity index (χ4v) is 1.97. The zero-order valence-corrected chi connectivity index (χ0v) is 11.5. The predicted octanol–water partition coefficient (Wildman–Crippen LogP) is 3.26. The van der Waals surface area contributed by atoms with Crippen LogP contribution >= 0.6 is 0 Å². The molecule has 0 unspecified atom stereocenters. The van der Waals surface area contributed by atoms with Crippen molar-refractivity contribution in [1.29, 1.82) is 0 Å². The topological polar surface area (TPSA) is 27.1 Å². The summed E-state index contributed by atoms with van der Waals surface area (Å²) in [4.78, 5) is 0. The summed E-state index contributed by atoms with van der Waals surface area (Å²) in [5.41, 5.74) is 4.87. The smallest absolute Gasteiger partial charge is 0.119 e. The van der Waals surface area contributed by atoms with Gasteiger partial charge in [-0.2, -0.15) is 5.10 Å². The molecule has 18 heavy (non-hydrogen) atoms. The Balaban J connectivity index is 2.15. The lowest BCUT2D eigenvalue weighted by atomic mass is 10.2. The molecule has 0 spiro atoms. The Morgan fingerprint density at radius 3 is 2.28 bits per heavy atom. The monoisotopic (exact) mass is 244 g/mol. The Bertz CT molecular complexity index is 526. The lowest BCUT2D eigenvalue weighted by Gasteiger charge is -2.07. The summed E-state index contributed by atoms with van der Waals surface area (Å²) in [6.07, 6.45) is 0. The van der Waals surface area contributed by atoms with E-state index in [0.29, 0.717) is 6.61 Å². The van der Waals surface area contributed by atoms with E-state index in [4.69, 9.17) is 4.74 Å². The van der Waals surface area contributed by atoms with Crippen molar-refractivity contribution in [2.75, 3.05) is 6.61 Å². The van der Waals surface area contributed by atoms with Gasteiger partial charge in [0, 0.05) is 5.69 Å². The van der Waals surface area contributed by atoms with E-state index in [1.165, 1.54) is 16.8 Å². The van der Waals surface area contributed by atoms with Crippen LogP contribution in [-0.2, 0) is 6.54 Å². The highest BCUT2D eigenvalue weighted by Crippen LogP contribution is 2.16. The second kappa shape index (κ2) is 5.25. The Kier molecular flexibility index (Phi) is 3.70. The fourth-order valence-electron chi connectivity index (χ4n) is 1.97. The van der Waals surface area contributed by atoms with E-state index < -0.39 is 0 Å². The van der Waals surface area contributed by atoms with Crippen molar-refractivity contribution >= 4 is 0 Å². The molecule has 96 valence electrons. The van der Waals surface area contributed by atoms with Gasteiger partial charge in [0.1, 0.15) is 5.75 Å². The van der Waals surface area contributed by atoms with E-state index in [1.807, 2.05) is 19.1 Å². The van der Waals surface area contributed by atoms with Gasteiger partial charge >= 0.3 is 0 Å². The maximum absolute atomic E-state index is 5.44. The quantitative estimate of drug-likeness (QED) is 0.825. The summed E-state index contributed by atoms with van der Waals surface area (Å²) in [5.74, 6) is 0.922. The Morgan fingerprint density at radius 2 is 1.78 bits per heavy atom. The molecule has 0 radical (unpaired) electrons. The maximum atomic E-state index is 5.44. The number of nitrogens with zero attached hydrogens (tertiary/aromatic N) is 2. The summed E-state index contributed by atoms with van der Waals surface area (Å²) in [6, 6.07) is 8.21. The van der Waals surface area contributed by atoms with Crippen LogP contribution in [0.1, 0.15) is 29.4 Å². The standard InChI is InChI=1S/C15H20N2O/c1-5-18-15-8-6-14(7-9-15)10-17-13(4)11(2)12(3)16-17/h6-9H,5,10H2,1-4H3. The Hall–Kier alpha value is -1.77. The van der Waals surface area contributed by atoms with Gasteiger partial charge in [0.15, 0.2) is 0 Å². The van der Waals surface area contributed by atoms with Crippen LogP contribution in [0.3, 0.4) is 0 Å². The summed E-state index contributed by atoms with van der Waals surface area (Å²) < 4.78 is 7.49. The first-order valence-electron chi connectivity index (χ1n) is 6.34. The lowest BCUT2D eigenvalue weighted by Crippen LogP contribution is -2.04. The third-order valence-electron chi connectivity index (χ3n) is 3.31. The first-order chi connectivity index (χ1) is 8.61. The number of ether oxygens (including phenoxy) is 1. The SMILES string of the molecule is CCOc1ccc(Cn2nc(C)c(C)c2C)cc1. The minimum atomic E-state index is 0.704. The summed E-state index contributed by atoms with van der Waals surface area (Å²) in [6.45, 7) is 9.79. The second-order valence-electron chi connectivity index (χ2n) is 4.53. The number of rotatable bonds is 4. The Morgan fingerprint density at radius 1 is 1.11 bits per heavy atom. The van der Waals surface area contributed by atoms with E-state index >= 15 is 0 Å².